The van der Waals surface area contributed by atoms with Crippen LogP contribution in [0.25, 0.3) is 0 Å². The zero-order valence-corrected chi connectivity index (χ0v) is 15.0. The van der Waals surface area contributed by atoms with E-state index in [2.05, 4.69) is 14.5 Å². The molecule has 1 amide bonds. The Morgan fingerprint density at radius 2 is 2.04 bits per heavy atom. The van der Waals surface area contributed by atoms with Crippen LogP contribution in [0.3, 0.4) is 0 Å². The van der Waals surface area contributed by atoms with Gasteiger partial charge in [-0.05, 0) is 49.6 Å². The number of hydrogen-bond acceptors (Lipinski definition) is 3. The summed E-state index contributed by atoms with van der Waals surface area (Å²) >= 11 is 0. The molecule has 0 aromatic carbocycles. The number of nitrogens with zero attached hydrogens (tertiary/aromatic N) is 5. The van der Waals surface area contributed by atoms with Crippen molar-refractivity contribution in [2.45, 2.75) is 32.4 Å². The normalized spacial score (nSPS) is 17.4. The predicted octanol–water partition coefficient (Wildman–Crippen LogP) is 2.91. The Morgan fingerprint density at radius 1 is 1.19 bits per heavy atom. The molecule has 0 N–H and O–H groups in total. The first kappa shape index (κ1) is 16.6. The number of amides is 1. The van der Waals surface area contributed by atoms with E-state index in [4.69, 9.17) is 0 Å². The van der Waals surface area contributed by atoms with Crippen LogP contribution in [0.1, 0.15) is 40.8 Å². The summed E-state index contributed by atoms with van der Waals surface area (Å²) in [5.74, 6) is 1.11. The molecule has 1 aliphatic rings. The van der Waals surface area contributed by atoms with E-state index in [1.54, 1.807) is 12.4 Å². The molecule has 0 radical (unpaired) electrons. The lowest BCUT2D eigenvalue weighted by atomic mass is 10.0. The number of carbonyl (C=O) groups is 1. The highest BCUT2D eigenvalue weighted by atomic mass is 16.2. The number of aryl methyl sites for hydroxylation is 1. The molecule has 0 spiro atoms. The van der Waals surface area contributed by atoms with Gasteiger partial charge in [-0.3, -0.25) is 9.78 Å². The fourth-order valence-electron chi connectivity index (χ4n) is 3.73. The van der Waals surface area contributed by atoms with E-state index in [1.807, 2.05) is 59.2 Å². The molecular formula is C20H23N5O. The summed E-state index contributed by atoms with van der Waals surface area (Å²) in [5, 5.41) is 0. The number of likely N-dealkylation sites (tertiary alicyclic amines) is 1. The maximum absolute atomic E-state index is 13.1. The summed E-state index contributed by atoms with van der Waals surface area (Å²) < 4.78 is 4.21. The van der Waals surface area contributed by atoms with E-state index in [0.717, 1.165) is 43.0 Å². The summed E-state index contributed by atoms with van der Waals surface area (Å²) in [6, 6.07) is 8.12. The van der Waals surface area contributed by atoms with Gasteiger partial charge in [0.1, 0.15) is 11.5 Å². The van der Waals surface area contributed by atoms with Gasteiger partial charge in [-0.1, -0.05) is 0 Å². The maximum Gasteiger partial charge on any atom is 0.270 e. The zero-order valence-electron chi connectivity index (χ0n) is 15.0. The average Bonchev–Trinajstić information content (AvgIpc) is 3.31. The highest BCUT2D eigenvalue weighted by molar-refractivity contribution is 5.92. The number of piperidine rings is 1. The van der Waals surface area contributed by atoms with Crippen LogP contribution in [-0.2, 0) is 6.54 Å². The Bertz CT molecular complexity index is 883. The zero-order chi connectivity index (χ0) is 17.9. The van der Waals surface area contributed by atoms with E-state index < -0.39 is 0 Å². The van der Waals surface area contributed by atoms with Crippen molar-refractivity contribution in [3.05, 3.63) is 72.3 Å². The molecule has 6 heteroatoms. The molecule has 1 fully saturated rings. The van der Waals surface area contributed by atoms with Crippen LogP contribution in [0.4, 0.5) is 0 Å². The highest BCUT2D eigenvalue weighted by Gasteiger charge is 2.27. The lowest BCUT2D eigenvalue weighted by Gasteiger charge is -2.34. The van der Waals surface area contributed by atoms with Crippen molar-refractivity contribution in [3.8, 4) is 0 Å². The van der Waals surface area contributed by atoms with E-state index in [9.17, 15) is 4.79 Å². The van der Waals surface area contributed by atoms with Crippen LogP contribution in [0, 0.1) is 6.92 Å². The van der Waals surface area contributed by atoms with Crippen molar-refractivity contribution >= 4 is 5.91 Å². The summed E-state index contributed by atoms with van der Waals surface area (Å²) in [7, 11) is 0. The minimum Gasteiger partial charge on any atom is -0.339 e. The molecule has 4 heterocycles. The Kier molecular flexibility index (Phi) is 4.56. The third-order valence-corrected chi connectivity index (χ3v) is 5.09. The number of aromatic nitrogens is 4. The van der Waals surface area contributed by atoms with Gasteiger partial charge in [-0.25, -0.2) is 4.98 Å². The Hall–Kier alpha value is -2.89. The SMILES string of the molecule is Cc1nccn1[C@H]1CCCN(C(=O)c2cccn2Cc2ccncc2)C1. The summed E-state index contributed by atoms with van der Waals surface area (Å²) in [4.78, 5) is 23.5. The standard InChI is InChI=1S/C20H23N5O/c1-16-22-10-13-25(16)18-4-2-12-24(15-18)20(26)19-5-3-11-23(19)14-17-6-8-21-9-7-17/h3,5-11,13,18H,2,4,12,14-15H2,1H3/t18-/m0/s1. The number of pyridine rings is 1. The molecule has 0 saturated carbocycles. The van der Waals surface area contributed by atoms with Crippen LogP contribution in [0.2, 0.25) is 0 Å². The van der Waals surface area contributed by atoms with Crippen LogP contribution >= 0.6 is 0 Å². The Balaban J connectivity index is 1.51. The van der Waals surface area contributed by atoms with E-state index >= 15 is 0 Å². The molecule has 134 valence electrons. The molecule has 1 saturated heterocycles. The third-order valence-electron chi connectivity index (χ3n) is 5.09. The second kappa shape index (κ2) is 7.15. The van der Waals surface area contributed by atoms with Crippen LogP contribution in [-0.4, -0.2) is 43.0 Å². The van der Waals surface area contributed by atoms with Crippen molar-refractivity contribution in [1.29, 1.82) is 0 Å². The first-order chi connectivity index (χ1) is 12.7. The van der Waals surface area contributed by atoms with Gasteiger partial charge in [0.2, 0.25) is 0 Å². The van der Waals surface area contributed by atoms with Gasteiger partial charge in [0, 0.05) is 50.6 Å². The van der Waals surface area contributed by atoms with E-state index in [1.165, 1.54) is 0 Å². The van der Waals surface area contributed by atoms with Gasteiger partial charge in [0.25, 0.3) is 5.91 Å². The maximum atomic E-state index is 13.1. The number of hydrogen-bond donors (Lipinski definition) is 0. The minimum absolute atomic E-state index is 0.103. The fourth-order valence-corrected chi connectivity index (χ4v) is 3.73. The Labute approximate surface area is 153 Å². The van der Waals surface area contributed by atoms with Gasteiger partial charge < -0.3 is 14.0 Å². The van der Waals surface area contributed by atoms with Crippen LogP contribution < -0.4 is 0 Å². The average molecular weight is 349 g/mol. The predicted molar refractivity (Wildman–Crippen MR) is 98.9 cm³/mol. The molecule has 1 aliphatic heterocycles. The van der Waals surface area contributed by atoms with Gasteiger partial charge in [-0.15, -0.1) is 0 Å². The van der Waals surface area contributed by atoms with Gasteiger partial charge in [0.05, 0.1) is 6.04 Å². The van der Waals surface area contributed by atoms with Crippen molar-refractivity contribution in [1.82, 2.24) is 24.0 Å². The summed E-state index contributed by atoms with van der Waals surface area (Å²) in [6.45, 7) is 4.23. The smallest absolute Gasteiger partial charge is 0.270 e. The van der Waals surface area contributed by atoms with Gasteiger partial charge in [0.15, 0.2) is 0 Å². The van der Waals surface area contributed by atoms with Crippen LogP contribution in [0.5, 0.6) is 0 Å². The number of carbonyl (C=O) groups excluding carboxylic acids is 1. The monoisotopic (exact) mass is 349 g/mol. The molecule has 0 unspecified atom stereocenters. The molecule has 26 heavy (non-hydrogen) atoms. The molecule has 3 aromatic heterocycles. The second-order valence-electron chi connectivity index (χ2n) is 6.81. The lowest BCUT2D eigenvalue weighted by Crippen LogP contribution is -2.41. The molecular weight excluding hydrogens is 326 g/mol. The highest BCUT2D eigenvalue weighted by Crippen LogP contribution is 2.24. The van der Waals surface area contributed by atoms with Crippen molar-refractivity contribution in [3.63, 3.8) is 0 Å². The first-order valence-corrected chi connectivity index (χ1v) is 9.05. The van der Waals surface area contributed by atoms with Crippen LogP contribution in [0.15, 0.2) is 55.2 Å². The quantitative estimate of drug-likeness (QED) is 0.728. The van der Waals surface area contributed by atoms with Crippen molar-refractivity contribution < 1.29 is 4.79 Å². The first-order valence-electron chi connectivity index (χ1n) is 9.05. The second-order valence-corrected chi connectivity index (χ2v) is 6.81. The summed E-state index contributed by atoms with van der Waals surface area (Å²) in [6.07, 6.45) is 11.5. The van der Waals surface area contributed by atoms with Gasteiger partial charge >= 0.3 is 0 Å². The minimum atomic E-state index is 0.103. The summed E-state index contributed by atoms with van der Waals surface area (Å²) in [5.41, 5.74) is 1.88. The third kappa shape index (κ3) is 3.27. The molecule has 4 rings (SSSR count). The molecule has 1 atom stereocenters. The number of rotatable bonds is 4. The van der Waals surface area contributed by atoms with E-state index in [0.29, 0.717) is 12.6 Å². The molecule has 6 nitrogen and oxygen atoms in total. The van der Waals surface area contributed by atoms with Crippen molar-refractivity contribution in [2.75, 3.05) is 13.1 Å². The molecule has 0 aliphatic carbocycles. The molecule has 3 aromatic rings. The van der Waals surface area contributed by atoms with Gasteiger partial charge in [-0.2, -0.15) is 0 Å². The number of imidazole rings is 1. The lowest BCUT2D eigenvalue weighted by molar-refractivity contribution is 0.0668. The topological polar surface area (TPSA) is 56.0 Å². The fraction of sp³-hybridized carbons (Fsp3) is 0.350. The molecule has 0 bridgehead atoms. The van der Waals surface area contributed by atoms with Crippen molar-refractivity contribution in [2.24, 2.45) is 0 Å². The van der Waals surface area contributed by atoms with E-state index in [-0.39, 0.29) is 5.91 Å². The Morgan fingerprint density at radius 3 is 2.81 bits per heavy atom. The largest absolute Gasteiger partial charge is 0.339 e.